The predicted molar refractivity (Wildman–Crippen MR) is 171 cm³/mol. The molecule has 252 valence electrons. The Morgan fingerprint density at radius 3 is 1.38 bits per heavy atom. The molecule has 0 fully saturated rings. The molecule has 0 radical (unpaired) electrons. The standard InChI is InChI=1S/C35H40O12/c1-40-23-10-6-8-12-26(23)45-31(20-36)32(37)21-15-17-28(30(18-21)44-5)47-35(39)34(46-27-13-9-7-11-24(27)41-2)33(38)22-14-16-25(42-3)29(19-22)43-4/h6-19,31-39H,20H2,1-5H3. The van der Waals surface area contributed by atoms with Gasteiger partial charge in [0, 0.05) is 0 Å². The molecule has 0 aliphatic rings. The maximum Gasteiger partial charge on any atom is 0.237 e. The van der Waals surface area contributed by atoms with E-state index < -0.39 is 37.3 Å². The van der Waals surface area contributed by atoms with E-state index in [9.17, 15) is 20.4 Å². The topological polar surface area (TPSA) is 155 Å². The molecule has 47 heavy (non-hydrogen) atoms. The van der Waals surface area contributed by atoms with Gasteiger partial charge in [0.05, 0.1) is 42.2 Å². The Balaban J connectivity index is 1.62. The van der Waals surface area contributed by atoms with Crippen molar-refractivity contribution in [3.8, 4) is 46.0 Å². The SMILES string of the molecule is COc1ccc(C(O)C(Oc2ccccc2OC)C(O)Oc2ccc(C(O)C(CO)Oc3ccccc3OC)cc2OC)cc1OC. The van der Waals surface area contributed by atoms with Crippen LogP contribution in [0.2, 0.25) is 0 Å². The maximum atomic E-state index is 11.5. The first-order valence-corrected chi connectivity index (χ1v) is 14.6. The van der Waals surface area contributed by atoms with Crippen LogP contribution < -0.4 is 37.9 Å². The van der Waals surface area contributed by atoms with E-state index in [4.69, 9.17) is 37.9 Å². The van der Waals surface area contributed by atoms with Gasteiger partial charge in [0.1, 0.15) is 12.2 Å². The summed E-state index contributed by atoms with van der Waals surface area (Å²) >= 11 is 0. The molecule has 0 aliphatic carbocycles. The van der Waals surface area contributed by atoms with Gasteiger partial charge in [-0.25, -0.2) is 0 Å². The van der Waals surface area contributed by atoms with Crippen LogP contribution in [-0.2, 0) is 0 Å². The molecule has 0 aromatic heterocycles. The van der Waals surface area contributed by atoms with Gasteiger partial charge < -0.3 is 58.3 Å². The second kappa shape index (κ2) is 16.6. The highest BCUT2D eigenvalue weighted by Gasteiger charge is 2.34. The smallest absolute Gasteiger partial charge is 0.237 e. The molecule has 4 rings (SSSR count). The van der Waals surface area contributed by atoms with Crippen LogP contribution in [-0.4, -0.2) is 81.1 Å². The third kappa shape index (κ3) is 8.29. The molecule has 0 bridgehead atoms. The van der Waals surface area contributed by atoms with Crippen LogP contribution in [0.5, 0.6) is 46.0 Å². The number of aliphatic hydroxyl groups is 4. The lowest BCUT2D eigenvalue weighted by Crippen LogP contribution is -2.41. The fourth-order valence-corrected chi connectivity index (χ4v) is 4.83. The number of para-hydroxylation sites is 4. The van der Waals surface area contributed by atoms with Crippen molar-refractivity contribution in [3.63, 3.8) is 0 Å². The highest BCUT2D eigenvalue weighted by molar-refractivity contribution is 5.46. The summed E-state index contributed by atoms with van der Waals surface area (Å²) in [6.45, 7) is -0.505. The minimum absolute atomic E-state index is 0.0790. The average Bonchev–Trinajstić information content (AvgIpc) is 3.12. The summed E-state index contributed by atoms with van der Waals surface area (Å²) in [4.78, 5) is 0. The highest BCUT2D eigenvalue weighted by atomic mass is 16.6. The largest absolute Gasteiger partial charge is 0.493 e. The molecular formula is C35H40O12. The summed E-state index contributed by atoms with van der Waals surface area (Å²) in [6.07, 6.45) is -6.92. The summed E-state index contributed by atoms with van der Waals surface area (Å²) in [5.41, 5.74) is 0.686. The van der Waals surface area contributed by atoms with Crippen molar-refractivity contribution in [1.82, 2.24) is 0 Å². The van der Waals surface area contributed by atoms with Crippen LogP contribution in [0.4, 0.5) is 0 Å². The van der Waals surface area contributed by atoms with Gasteiger partial charge in [-0.15, -0.1) is 0 Å². The monoisotopic (exact) mass is 652 g/mol. The number of ether oxygens (including phenoxy) is 8. The summed E-state index contributed by atoms with van der Waals surface area (Å²) in [6, 6.07) is 22.9. The fraction of sp³-hybridized carbons (Fsp3) is 0.314. The van der Waals surface area contributed by atoms with Gasteiger partial charge >= 0.3 is 0 Å². The van der Waals surface area contributed by atoms with E-state index in [1.54, 1.807) is 66.7 Å². The van der Waals surface area contributed by atoms with E-state index in [1.165, 1.54) is 53.7 Å². The third-order valence-electron chi connectivity index (χ3n) is 7.33. The first-order valence-electron chi connectivity index (χ1n) is 14.6. The first-order chi connectivity index (χ1) is 22.8. The van der Waals surface area contributed by atoms with E-state index in [0.29, 0.717) is 39.9 Å². The Bertz CT molecular complexity index is 1580. The lowest BCUT2D eigenvalue weighted by molar-refractivity contribution is -0.134. The summed E-state index contributed by atoms with van der Waals surface area (Å²) < 4.78 is 44.8. The number of benzene rings is 4. The normalized spacial score (nSPS) is 14.1. The summed E-state index contributed by atoms with van der Waals surface area (Å²) in [5.74, 6) is 2.44. The minimum atomic E-state index is -1.76. The molecule has 4 N–H and O–H groups in total. The Morgan fingerprint density at radius 1 is 0.468 bits per heavy atom. The van der Waals surface area contributed by atoms with Gasteiger partial charge in [0.15, 0.2) is 58.2 Å². The van der Waals surface area contributed by atoms with Crippen molar-refractivity contribution >= 4 is 0 Å². The zero-order chi connectivity index (χ0) is 33.9. The molecule has 4 aromatic carbocycles. The van der Waals surface area contributed by atoms with Crippen LogP contribution >= 0.6 is 0 Å². The molecule has 5 atom stereocenters. The number of hydrogen-bond donors (Lipinski definition) is 4. The van der Waals surface area contributed by atoms with Gasteiger partial charge in [-0.05, 0) is 59.7 Å². The lowest BCUT2D eigenvalue weighted by atomic mass is 10.0. The van der Waals surface area contributed by atoms with Crippen LogP contribution in [0.3, 0.4) is 0 Å². The molecule has 0 spiro atoms. The zero-order valence-electron chi connectivity index (χ0n) is 26.7. The Hall–Kier alpha value is -4.88. The highest BCUT2D eigenvalue weighted by Crippen LogP contribution is 2.38. The predicted octanol–water partition coefficient (Wildman–Crippen LogP) is 4.08. The van der Waals surface area contributed by atoms with Crippen molar-refractivity contribution in [2.45, 2.75) is 30.7 Å². The zero-order valence-corrected chi connectivity index (χ0v) is 26.7. The lowest BCUT2D eigenvalue weighted by Gasteiger charge is -2.30. The van der Waals surface area contributed by atoms with Crippen molar-refractivity contribution in [1.29, 1.82) is 0 Å². The van der Waals surface area contributed by atoms with Crippen LogP contribution in [0, 0.1) is 0 Å². The molecule has 12 heteroatoms. The summed E-state index contributed by atoms with van der Waals surface area (Å²) in [7, 11) is 7.31. The fourth-order valence-electron chi connectivity index (χ4n) is 4.83. The van der Waals surface area contributed by atoms with E-state index in [2.05, 4.69) is 0 Å². The Kier molecular flexibility index (Phi) is 12.4. The van der Waals surface area contributed by atoms with Crippen LogP contribution in [0.25, 0.3) is 0 Å². The molecule has 0 saturated heterocycles. The molecule has 4 aromatic rings. The number of hydrogen-bond acceptors (Lipinski definition) is 12. The van der Waals surface area contributed by atoms with E-state index in [0.717, 1.165) is 0 Å². The average molecular weight is 653 g/mol. The van der Waals surface area contributed by atoms with Gasteiger partial charge in [0.2, 0.25) is 6.29 Å². The maximum absolute atomic E-state index is 11.5. The van der Waals surface area contributed by atoms with Gasteiger partial charge in [-0.2, -0.15) is 0 Å². The molecule has 5 unspecified atom stereocenters. The van der Waals surface area contributed by atoms with Crippen molar-refractivity contribution in [3.05, 3.63) is 96.1 Å². The quantitative estimate of drug-likeness (QED) is 0.122. The molecule has 0 heterocycles. The number of methoxy groups -OCH3 is 5. The van der Waals surface area contributed by atoms with Gasteiger partial charge in [-0.3, -0.25) is 0 Å². The van der Waals surface area contributed by atoms with E-state index >= 15 is 0 Å². The number of aliphatic hydroxyl groups excluding tert-OH is 4. The molecule has 0 amide bonds. The molecule has 12 nitrogen and oxygen atoms in total. The third-order valence-corrected chi connectivity index (χ3v) is 7.33. The minimum Gasteiger partial charge on any atom is -0.493 e. The van der Waals surface area contributed by atoms with Crippen molar-refractivity contribution in [2.24, 2.45) is 0 Å². The van der Waals surface area contributed by atoms with E-state index in [-0.39, 0.29) is 17.2 Å². The Morgan fingerprint density at radius 2 is 0.872 bits per heavy atom. The van der Waals surface area contributed by atoms with Crippen molar-refractivity contribution in [2.75, 3.05) is 42.2 Å². The summed E-state index contributed by atoms with van der Waals surface area (Å²) in [5, 5.41) is 44.1. The first kappa shape index (κ1) is 35.0. The molecule has 0 saturated carbocycles. The second-order valence-corrected chi connectivity index (χ2v) is 10.1. The van der Waals surface area contributed by atoms with Gasteiger partial charge in [0.25, 0.3) is 0 Å². The molecule has 0 aliphatic heterocycles. The van der Waals surface area contributed by atoms with Crippen molar-refractivity contribution < 1.29 is 58.3 Å². The molecular weight excluding hydrogens is 612 g/mol. The number of rotatable bonds is 17. The van der Waals surface area contributed by atoms with Crippen LogP contribution in [0.15, 0.2) is 84.9 Å². The second-order valence-electron chi connectivity index (χ2n) is 10.1. The van der Waals surface area contributed by atoms with Crippen LogP contribution in [0.1, 0.15) is 23.3 Å². The Labute approximate surface area is 273 Å². The van der Waals surface area contributed by atoms with E-state index in [1.807, 2.05) is 0 Å². The van der Waals surface area contributed by atoms with Gasteiger partial charge in [-0.1, -0.05) is 36.4 Å².